The lowest BCUT2D eigenvalue weighted by Crippen LogP contribution is -1.96. The van der Waals surface area contributed by atoms with Crippen molar-refractivity contribution in [2.75, 3.05) is 0 Å². The van der Waals surface area contributed by atoms with E-state index in [1.54, 1.807) is 15.9 Å². The number of fused-ring (bicyclic) bond motifs is 1. The zero-order valence-electron chi connectivity index (χ0n) is 12.9. The Kier molecular flexibility index (Phi) is 3.92. The van der Waals surface area contributed by atoms with Crippen LogP contribution in [0.3, 0.4) is 0 Å². The average molecular weight is 333 g/mol. The third-order valence-electron chi connectivity index (χ3n) is 3.91. The summed E-state index contributed by atoms with van der Waals surface area (Å²) in [6, 6.07) is 20.1. The van der Waals surface area contributed by atoms with Crippen LogP contribution in [0.5, 0.6) is 0 Å². The average Bonchev–Trinajstić information content (AvgIpc) is 3.18. The van der Waals surface area contributed by atoms with Gasteiger partial charge in [-0.15, -0.1) is 0 Å². The van der Waals surface area contributed by atoms with Crippen molar-refractivity contribution in [2.24, 2.45) is 0 Å². The Morgan fingerprint density at radius 1 is 0.958 bits per heavy atom. The molecule has 0 saturated heterocycles. The SMILES string of the molecule is O=Cc1c(-c2ccccc2)nc2sc(CCc3ccccc3)nn12. The van der Waals surface area contributed by atoms with Crippen LogP contribution < -0.4 is 0 Å². The molecule has 5 heteroatoms. The quantitative estimate of drug-likeness (QED) is 0.518. The van der Waals surface area contributed by atoms with Crippen LogP contribution in [-0.2, 0) is 12.8 Å². The summed E-state index contributed by atoms with van der Waals surface area (Å²) >= 11 is 1.54. The van der Waals surface area contributed by atoms with Crippen molar-refractivity contribution in [1.29, 1.82) is 0 Å². The van der Waals surface area contributed by atoms with E-state index in [2.05, 4.69) is 22.2 Å². The fourth-order valence-electron chi connectivity index (χ4n) is 2.71. The van der Waals surface area contributed by atoms with Crippen LogP contribution in [0.4, 0.5) is 0 Å². The highest BCUT2D eigenvalue weighted by Crippen LogP contribution is 2.26. The molecule has 118 valence electrons. The smallest absolute Gasteiger partial charge is 0.213 e. The Bertz CT molecular complexity index is 974. The highest BCUT2D eigenvalue weighted by atomic mass is 32.1. The zero-order chi connectivity index (χ0) is 16.4. The van der Waals surface area contributed by atoms with E-state index in [9.17, 15) is 4.79 Å². The van der Waals surface area contributed by atoms with Crippen LogP contribution in [0, 0.1) is 0 Å². The van der Waals surface area contributed by atoms with Gasteiger partial charge in [-0.25, -0.2) is 4.98 Å². The summed E-state index contributed by atoms with van der Waals surface area (Å²) in [5.74, 6) is 0. The van der Waals surface area contributed by atoms with E-state index in [-0.39, 0.29) is 0 Å². The van der Waals surface area contributed by atoms with Gasteiger partial charge in [0, 0.05) is 12.0 Å². The van der Waals surface area contributed by atoms with Gasteiger partial charge in [-0.05, 0) is 12.0 Å². The standard InChI is InChI=1S/C19H15N3OS/c23-13-16-18(15-9-5-2-6-10-15)20-19-22(16)21-17(24-19)12-11-14-7-3-1-4-8-14/h1-10,13H,11-12H2. The number of aryl methyl sites for hydroxylation is 2. The largest absolute Gasteiger partial charge is 0.296 e. The molecule has 24 heavy (non-hydrogen) atoms. The van der Waals surface area contributed by atoms with Crippen LogP contribution in [0.2, 0.25) is 0 Å². The van der Waals surface area contributed by atoms with Gasteiger partial charge in [-0.3, -0.25) is 4.79 Å². The van der Waals surface area contributed by atoms with E-state index in [1.165, 1.54) is 5.56 Å². The fraction of sp³-hybridized carbons (Fsp3) is 0.105. The Hall–Kier alpha value is -2.79. The first-order valence-electron chi connectivity index (χ1n) is 7.78. The summed E-state index contributed by atoms with van der Waals surface area (Å²) in [5, 5.41) is 5.58. The first kappa shape index (κ1) is 14.8. The monoisotopic (exact) mass is 333 g/mol. The lowest BCUT2D eigenvalue weighted by Gasteiger charge is -1.98. The molecule has 0 aliphatic rings. The molecule has 2 aromatic heterocycles. The molecule has 0 aliphatic heterocycles. The molecule has 4 rings (SSSR count). The maximum Gasteiger partial charge on any atom is 0.213 e. The summed E-state index contributed by atoms with van der Waals surface area (Å²) < 4.78 is 1.67. The molecule has 0 spiro atoms. The van der Waals surface area contributed by atoms with Gasteiger partial charge >= 0.3 is 0 Å². The van der Waals surface area contributed by atoms with E-state index < -0.39 is 0 Å². The van der Waals surface area contributed by atoms with Crippen molar-refractivity contribution in [3.8, 4) is 11.3 Å². The molecule has 0 N–H and O–H groups in total. The van der Waals surface area contributed by atoms with Gasteiger partial charge in [0.2, 0.25) is 4.96 Å². The molecule has 4 aromatic rings. The number of hydrogen-bond donors (Lipinski definition) is 0. The number of aromatic nitrogens is 3. The predicted octanol–water partition coefficient (Wildman–Crippen LogP) is 4.06. The number of carbonyl (C=O) groups excluding carboxylic acids is 1. The van der Waals surface area contributed by atoms with E-state index in [4.69, 9.17) is 0 Å². The van der Waals surface area contributed by atoms with Crippen molar-refractivity contribution in [1.82, 2.24) is 14.6 Å². The number of nitrogens with zero attached hydrogens (tertiary/aromatic N) is 3. The lowest BCUT2D eigenvalue weighted by atomic mass is 10.1. The van der Waals surface area contributed by atoms with Crippen LogP contribution in [0.25, 0.3) is 16.2 Å². The Balaban J connectivity index is 1.65. The van der Waals surface area contributed by atoms with E-state index in [1.807, 2.05) is 48.5 Å². The van der Waals surface area contributed by atoms with Gasteiger partial charge in [0.25, 0.3) is 0 Å². The minimum atomic E-state index is 0.512. The van der Waals surface area contributed by atoms with Crippen molar-refractivity contribution in [2.45, 2.75) is 12.8 Å². The second-order valence-electron chi connectivity index (χ2n) is 5.51. The van der Waals surface area contributed by atoms with Gasteiger partial charge in [-0.1, -0.05) is 72.0 Å². The maximum atomic E-state index is 11.6. The third-order valence-corrected chi connectivity index (χ3v) is 4.88. The van der Waals surface area contributed by atoms with E-state index in [0.717, 1.165) is 34.7 Å². The van der Waals surface area contributed by atoms with E-state index in [0.29, 0.717) is 11.4 Å². The molecule has 0 fully saturated rings. The molecular formula is C19H15N3OS. The molecule has 0 aliphatic carbocycles. The Labute approximate surface area is 143 Å². The van der Waals surface area contributed by atoms with Crippen molar-refractivity contribution >= 4 is 22.6 Å². The molecule has 2 aromatic carbocycles. The molecule has 0 saturated carbocycles. The fourth-order valence-corrected chi connectivity index (χ4v) is 3.61. The highest BCUT2D eigenvalue weighted by Gasteiger charge is 2.17. The molecule has 0 atom stereocenters. The van der Waals surface area contributed by atoms with Gasteiger partial charge in [-0.2, -0.15) is 9.61 Å². The number of aldehydes is 1. The summed E-state index contributed by atoms with van der Waals surface area (Å²) in [6.45, 7) is 0. The normalized spacial score (nSPS) is 11.0. The van der Waals surface area contributed by atoms with Crippen molar-refractivity contribution < 1.29 is 4.79 Å². The lowest BCUT2D eigenvalue weighted by molar-refractivity contribution is 0.111. The molecule has 0 amide bonds. The van der Waals surface area contributed by atoms with Crippen LogP contribution in [0.15, 0.2) is 60.7 Å². The summed E-state index contributed by atoms with van der Waals surface area (Å²) in [6.07, 6.45) is 2.61. The minimum Gasteiger partial charge on any atom is -0.296 e. The van der Waals surface area contributed by atoms with Crippen molar-refractivity contribution in [3.05, 3.63) is 76.9 Å². The molecule has 0 unspecified atom stereocenters. The van der Waals surface area contributed by atoms with E-state index >= 15 is 0 Å². The first-order valence-corrected chi connectivity index (χ1v) is 8.60. The number of imidazole rings is 1. The number of rotatable bonds is 5. The van der Waals surface area contributed by atoms with Gasteiger partial charge < -0.3 is 0 Å². The first-order chi connectivity index (χ1) is 11.8. The molecule has 0 radical (unpaired) electrons. The topological polar surface area (TPSA) is 47.3 Å². The molecule has 2 heterocycles. The number of hydrogen-bond acceptors (Lipinski definition) is 4. The zero-order valence-corrected chi connectivity index (χ0v) is 13.7. The maximum absolute atomic E-state index is 11.6. The number of carbonyl (C=O) groups is 1. The Morgan fingerprint density at radius 2 is 1.67 bits per heavy atom. The summed E-state index contributed by atoms with van der Waals surface area (Å²) in [4.78, 5) is 16.9. The number of benzene rings is 2. The van der Waals surface area contributed by atoms with Gasteiger partial charge in [0.1, 0.15) is 16.4 Å². The summed E-state index contributed by atoms with van der Waals surface area (Å²) in [7, 11) is 0. The van der Waals surface area contributed by atoms with Crippen LogP contribution >= 0.6 is 11.3 Å². The van der Waals surface area contributed by atoms with Crippen LogP contribution in [0.1, 0.15) is 21.1 Å². The van der Waals surface area contributed by atoms with Gasteiger partial charge in [0.05, 0.1) is 0 Å². The molecule has 0 bridgehead atoms. The summed E-state index contributed by atoms with van der Waals surface area (Å²) in [5.41, 5.74) is 3.42. The van der Waals surface area contributed by atoms with Crippen LogP contribution in [-0.4, -0.2) is 20.9 Å². The molecule has 4 nitrogen and oxygen atoms in total. The second kappa shape index (κ2) is 6.37. The highest BCUT2D eigenvalue weighted by molar-refractivity contribution is 7.16. The molecular weight excluding hydrogens is 318 g/mol. The second-order valence-corrected chi connectivity index (χ2v) is 6.55. The predicted molar refractivity (Wildman–Crippen MR) is 95.5 cm³/mol. The third kappa shape index (κ3) is 2.74. The Morgan fingerprint density at radius 3 is 2.38 bits per heavy atom. The van der Waals surface area contributed by atoms with Gasteiger partial charge in [0.15, 0.2) is 6.29 Å². The van der Waals surface area contributed by atoms with Crippen molar-refractivity contribution in [3.63, 3.8) is 0 Å². The minimum absolute atomic E-state index is 0.512.